The summed E-state index contributed by atoms with van der Waals surface area (Å²) in [7, 11) is 0. The van der Waals surface area contributed by atoms with Crippen LogP contribution in [0.1, 0.15) is 24.4 Å². The molecule has 0 saturated carbocycles. The fraction of sp³-hybridized carbons (Fsp3) is 0.375. The van der Waals surface area contributed by atoms with Crippen molar-refractivity contribution in [3.63, 3.8) is 0 Å². The van der Waals surface area contributed by atoms with Gasteiger partial charge in [0.2, 0.25) is 0 Å². The summed E-state index contributed by atoms with van der Waals surface area (Å²) in [5.41, 5.74) is 2.57. The second kappa shape index (κ2) is 6.62. The molecule has 0 radical (unpaired) electrons. The number of urea groups is 1. The Morgan fingerprint density at radius 3 is 2.82 bits per heavy atom. The number of hydrogen-bond acceptors (Lipinski definition) is 3. The Kier molecular flexibility index (Phi) is 4.39. The van der Waals surface area contributed by atoms with Crippen LogP contribution in [0.15, 0.2) is 36.7 Å². The smallest absolute Gasteiger partial charge is 0.323 e. The zero-order valence-corrected chi connectivity index (χ0v) is 12.6. The molecule has 2 amide bonds. The molecule has 1 aliphatic rings. The average Bonchev–Trinajstić information content (AvgIpc) is 2.96. The molecular weight excluding hydrogens is 280 g/mol. The number of rotatable bonds is 3. The molecule has 116 valence electrons. The van der Waals surface area contributed by atoms with Gasteiger partial charge in [0, 0.05) is 25.1 Å². The van der Waals surface area contributed by atoms with Gasteiger partial charge in [-0.1, -0.05) is 12.1 Å². The van der Waals surface area contributed by atoms with Crippen LogP contribution in [0.2, 0.25) is 0 Å². The minimum Gasteiger partial charge on any atom is -0.381 e. The Labute approximate surface area is 129 Å². The van der Waals surface area contributed by atoms with E-state index in [1.54, 1.807) is 6.20 Å². The number of nitrogens with zero attached hydrogens (tertiary/aromatic N) is 2. The van der Waals surface area contributed by atoms with E-state index in [4.69, 9.17) is 4.74 Å². The molecule has 6 heteroatoms. The summed E-state index contributed by atoms with van der Waals surface area (Å²) in [4.78, 5) is 12.0. The van der Waals surface area contributed by atoms with E-state index in [0.717, 1.165) is 37.3 Å². The second-order valence-electron chi connectivity index (χ2n) is 5.50. The van der Waals surface area contributed by atoms with Gasteiger partial charge in [-0.25, -0.2) is 4.79 Å². The minimum atomic E-state index is -0.267. The predicted molar refractivity (Wildman–Crippen MR) is 85.1 cm³/mol. The van der Waals surface area contributed by atoms with Crippen molar-refractivity contribution in [3.05, 3.63) is 42.2 Å². The molecule has 1 saturated heterocycles. The third kappa shape index (κ3) is 3.65. The number of aryl methyl sites for hydroxylation is 1. The minimum absolute atomic E-state index is 0.267. The lowest BCUT2D eigenvalue weighted by molar-refractivity contribution is 0.0662. The van der Waals surface area contributed by atoms with Crippen LogP contribution >= 0.6 is 0 Å². The van der Waals surface area contributed by atoms with Crippen LogP contribution in [-0.4, -0.2) is 29.0 Å². The number of carbonyl (C=O) groups is 1. The normalized spacial score (nSPS) is 15.5. The van der Waals surface area contributed by atoms with Crippen molar-refractivity contribution < 1.29 is 9.53 Å². The van der Waals surface area contributed by atoms with E-state index in [2.05, 4.69) is 15.7 Å². The summed E-state index contributed by atoms with van der Waals surface area (Å²) >= 11 is 0. The Bertz CT molecular complexity index is 647. The molecule has 0 spiro atoms. The second-order valence-corrected chi connectivity index (χ2v) is 5.50. The van der Waals surface area contributed by atoms with E-state index in [1.165, 1.54) is 0 Å². The molecule has 0 unspecified atom stereocenters. The molecule has 1 aromatic carbocycles. The highest BCUT2D eigenvalue weighted by Crippen LogP contribution is 2.21. The lowest BCUT2D eigenvalue weighted by Gasteiger charge is -2.22. The molecule has 0 aliphatic carbocycles. The molecular formula is C16H20N4O2. The molecule has 2 aromatic rings. The van der Waals surface area contributed by atoms with Gasteiger partial charge in [-0.3, -0.25) is 4.68 Å². The Balaban J connectivity index is 1.58. The largest absolute Gasteiger partial charge is 0.381 e. The maximum Gasteiger partial charge on any atom is 0.323 e. The van der Waals surface area contributed by atoms with Crippen LogP contribution in [0.5, 0.6) is 0 Å². The standard InChI is InChI=1S/C16H20N4O2/c1-12-3-2-4-13(9-12)18-16(21)19-14-10-17-20(11-14)15-5-7-22-8-6-15/h2-4,9-11,15H,5-8H2,1H3,(H2,18,19,21). The van der Waals surface area contributed by atoms with E-state index in [-0.39, 0.29) is 6.03 Å². The van der Waals surface area contributed by atoms with Gasteiger partial charge in [-0.05, 0) is 37.5 Å². The lowest BCUT2D eigenvalue weighted by Crippen LogP contribution is -2.20. The first kappa shape index (κ1) is 14.6. The van der Waals surface area contributed by atoms with Crippen LogP contribution in [0.3, 0.4) is 0 Å². The number of ether oxygens (including phenoxy) is 1. The van der Waals surface area contributed by atoms with E-state index < -0.39 is 0 Å². The average molecular weight is 300 g/mol. The molecule has 0 atom stereocenters. The van der Waals surface area contributed by atoms with Crippen molar-refractivity contribution in [2.45, 2.75) is 25.8 Å². The molecule has 3 rings (SSSR count). The number of amides is 2. The fourth-order valence-corrected chi connectivity index (χ4v) is 2.57. The third-order valence-electron chi connectivity index (χ3n) is 3.70. The highest BCUT2D eigenvalue weighted by Gasteiger charge is 2.16. The van der Waals surface area contributed by atoms with Gasteiger partial charge in [0.05, 0.1) is 17.9 Å². The van der Waals surface area contributed by atoms with Crippen LogP contribution in [0.4, 0.5) is 16.2 Å². The molecule has 1 aliphatic heterocycles. The number of aromatic nitrogens is 2. The Hall–Kier alpha value is -2.34. The van der Waals surface area contributed by atoms with Crippen LogP contribution in [0, 0.1) is 6.92 Å². The Morgan fingerprint density at radius 2 is 2.05 bits per heavy atom. The van der Waals surface area contributed by atoms with Gasteiger partial charge in [0.1, 0.15) is 0 Å². The van der Waals surface area contributed by atoms with E-state index in [1.807, 2.05) is 42.1 Å². The van der Waals surface area contributed by atoms with Crippen molar-refractivity contribution in [1.29, 1.82) is 0 Å². The quantitative estimate of drug-likeness (QED) is 0.914. The van der Waals surface area contributed by atoms with Crippen molar-refractivity contribution in [3.8, 4) is 0 Å². The summed E-state index contributed by atoms with van der Waals surface area (Å²) in [5, 5.41) is 9.95. The monoisotopic (exact) mass is 300 g/mol. The van der Waals surface area contributed by atoms with Gasteiger partial charge >= 0.3 is 6.03 Å². The highest BCUT2D eigenvalue weighted by molar-refractivity contribution is 5.99. The topological polar surface area (TPSA) is 68.2 Å². The number of hydrogen-bond donors (Lipinski definition) is 2. The summed E-state index contributed by atoms with van der Waals surface area (Å²) < 4.78 is 7.26. The zero-order chi connectivity index (χ0) is 15.4. The fourth-order valence-electron chi connectivity index (χ4n) is 2.57. The van der Waals surface area contributed by atoms with E-state index in [9.17, 15) is 4.79 Å². The maximum absolute atomic E-state index is 12.0. The first-order chi connectivity index (χ1) is 10.7. The molecule has 1 aromatic heterocycles. The van der Waals surface area contributed by atoms with Crippen molar-refractivity contribution in [2.24, 2.45) is 0 Å². The first-order valence-electron chi connectivity index (χ1n) is 7.47. The molecule has 0 bridgehead atoms. The highest BCUT2D eigenvalue weighted by atomic mass is 16.5. The number of anilines is 2. The molecule has 2 heterocycles. The summed E-state index contributed by atoms with van der Waals surface area (Å²) in [6.45, 7) is 3.52. The van der Waals surface area contributed by atoms with Gasteiger partial charge in [-0.15, -0.1) is 0 Å². The summed E-state index contributed by atoms with van der Waals surface area (Å²) in [6, 6.07) is 7.76. The van der Waals surface area contributed by atoms with Gasteiger partial charge in [0.25, 0.3) is 0 Å². The zero-order valence-electron chi connectivity index (χ0n) is 12.6. The summed E-state index contributed by atoms with van der Waals surface area (Å²) in [5.74, 6) is 0. The number of nitrogens with one attached hydrogen (secondary N) is 2. The SMILES string of the molecule is Cc1cccc(NC(=O)Nc2cnn(C3CCOCC3)c2)c1. The number of carbonyl (C=O) groups excluding carboxylic acids is 1. The molecule has 22 heavy (non-hydrogen) atoms. The van der Waals surface area contributed by atoms with Gasteiger partial charge in [-0.2, -0.15) is 5.10 Å². The van der Waals surface area contributed by atoms with Crippen LogP contribution in [-0.2, 0) is 4.74 Å². The Morgan fingerprint density at radius 1 is 1.27 bits per heavy atom. The first-order valence-corrected chi connectivity index (χ1v) is 7.47. The van der Waals surface area contributed by atoms with Crippen molar-refractivity contribution in [1.82, 2.24) is 9.78 Å². The molecule has 6 nitrogen and oxygen atoms in total. The summed E-state index contributed by atoms with van der Waals surface area (Å²) in [6.07, 6.45) is 5.45. The number of benzene rings is 1. The van der Waals surface area contributed by atoms with E-state index in [0.29, 0.717) is 11.7 Å². The molecule has 1 fully saturated rings. The van der Waals surface area contributed by atoms with Crippen molar-refractivity contribution in [2.75, 3.05) is 23.8 Å². The van der Waals surface area contributed by atoms with Gasteiger partial charge in [0.15, 0.2) is 0 Å². The van der Waals surface area contributed by atoms with Crippen LogP contribution < -0.4 is 10.6 Å². The van der Waals surface area contributed by atoms with Crippen molar-refractivity contribution >= 4 is 17.4 Å². The molecule has 2 N–H and O–H groups in total. The third-order valence-corrected chi connectivity index (χ3v) is 3.70. The maximum atomic E-state index is 12.0. The van der Waals surface area contributed by atoms with Crippen LogP contribution in [0.25, 0.3) is 0 Å². The van der Waals surface area contributed by atoms with Gasteiger partial charge < -0.3 is 15.4 Å². The predicted octanol–water partition coefficient (Wildman–Crippen LogP) is 3.19. The lowest BCUT2D eigenvalue weighted by atomic mass is 10.1. The van der Waals surface area contributed by atoms with E-state index >= 15 is 0 Å².